The number of benzene rings is 1. The summed E-state index contributed by atoms with van der Waals surface area (Å²) in [5.74, 6) is -0.504. The molecule has 0 saturated carbocycles. The monoisotopic (exact) mass is 363 g/mol. The molecule has 4 rings (SSSR count). The number of pyridine rings is 1. The average Bonchev–Trinajstić information content (AvgIpc) is 2.95. The molecule has 1 fully saturated rings. The molecule has 0 unspecified atom stereocenters. The summed E-state index contributed by atoms with van der Waals surface area (Å²) in [6.45, 7) is 4.52. The molecule has 6 heteroatoms. The normalized spacial score (nSPS) is 17.8. The lowest BCUT2D eigenvalue weighted by atomic mass is 10.0. The van der Waals surface area contributed by atoms with Gasteiger partial charge in [-0.2, -0.15) is 0 Å². The summed E-state index contributed by atoms with van der Waals surface area (Å²) in [6, 6.07) is 11.4. The van der Waals surface area contributed by atoms with Crippen molar-refractivity contribution in [3.63, 3.8) is 0 Å². The van der Waals surface area contributed by atoms with Crippen molar-refractivity contribution in [2.75, 3.05) is 26.3 Å². The molecule has 1 aromatic carbocycles. The van der Waals surface area contributed by atoms with Gasteiger partial charge in [0, 0.05) is 25.5 Å². The first-order valence-corrected chi connectivity index (χ1v) is 9.04. The largest absolute Gasteiger partial charge is 0.378 e. The van der Waals surface area contributed by atoms with Crippen molar-refractivity contribution in [1.29, 1.82) is 0 Å². The van der Waals surface area contributed by atoms with Gasteiger partial charge in [0.15, 0.2) is 0 Å². The fraction of sp³-hybridized carbons (Fsp3) is 0.286. The van der Waals surface area contributed by atoms with E-state index < -0.39 is 0 Å². The highest BCUT2D eigenvalue weighted by atomic mass is 16.5. The van der Waals surface area contributed by atoms with E-state index >= 15 is 0 Å². The van der Waals surface area contributed by atoms with Gasteiger partial charge >= 0.3 is 0 Å². The molecule has 0 radical (unpaired) electrons. The fourth-order valence-corrected chi connectivity index (χ4v) is 3.44. The van der Waals surface area contributed by atoms with E-state index in [1.54, 1.807) is 18.5 Å². The van der Waals surface area contributed by atoms with Crippen molar-refractivity contribution in [2.45, 2.75) is 13.5 Å². The van der Waals surface area contributed by atoms with Crippen LogP contribution in [0.15, 0.2) is 54.5 Å². The maximum absolute atomic E-state index is 13.2. The van der Waals surface area contributed by atoms with E-state index in [-0.39, 0.29) is 18.4 Å². The van der Waals surface area contributed by atoms with Crippen LogP contribution in [0, 0.1) is 6.92 Å². The minimum absolute atomic E-state index is 0.217. The summed E-state index contributed by atoms with van der Waals surface area (Å²) in [7, 11) is 0. The number of nitrogens with zero attached hydrogens (tertiary/aromatic N) is 3. The van der Waals surface area contributed by atoms with Crippen LogP contribution in [0.25, 0.3) is 5.57 Å². The Morgan fingerprint density at radius 2 is 1.78 bits per heavy atom. The van der Waals surface area contributed by atoms with Crippen LogP contribution in [-0.2, 0) is 20.9 Å². The molecule has 0 bridgehead atoms. The summed E-state index contributed by atoms with van der Waals surface area (Å²) in [6.07, 6.45) is 3.35. The van der Waals surface area contributed by atoms with E-state index in [1.165, 1.54) is 4.90 Å². The number of morpholine rings is 1. The molecule has 2 aromatic rings. The predicted octanol–water partition coefficient (Wildman–Crippen LogP) is 2.00. The van der Waals surface area contributed by atoms with Gasteiger partial charge in [-0.15, -0.1) is 0 Å². The molecular weight excluding hydrogens is 342 g/mol. The number of rotatable bonds is 4. The van der Waals surface area contributed by atoms with E-state index in [0.717, 1.165) is 16.7 Å². The fourth-order valence-electron chi connectivity index (χ4n) is 3.44. The summed E-state index contributed by atoms with van der Waals surface area (Å²) >= 11 is 0. The van der Waals surface area contributed by atoms with Gasteiger partial charge in [0.2, 0.25) is 0 Å². The number of aromatic nitrogens is 1. The van der Waals surface area contributed by atoms with Crippen molar-refractivity contribution >= 4 is 17.4 Å². The topological polar surface area (TPSA) is 62.7 Å². The summed E-state index contributed by atoms with van der Waals surface area (Å²) < 4.78 is 5.42. The minimum atomic E-state index is -0.255. The molecule has 6 nitrogen and oxygen atoms in total. The second-order valence-electron chi connectivity index (χ2n) is 6.75. The second-order valence-corrected chi connectivity index (χ2v) is 6.75. The molecule has 3 heterocycles. The van der Waals surface area contributed by atoms with Crippen molar-refractivity contribution in [3.05, 3.63) is 71.2 Å². The maximum Gasteiger partial charge on any atom is 0.278 e. The SMILES string of the molecule is Cc1ccc(C2=C(N3CCOCC3)C(=O)N(Cc3cccnc3)C2=O)cc1. The van der Waals surface area contributed by atoms with E-state index in [1.807, 2.05) is 42.2 Å². The highest BCUT2D eigenvalue weighted by Gasteiger charge is 2.41. The molecule has 1 saturated heterocycles. The highest BCUT2D eigenvalue weighted by Crippen LogP contribution is 2.33. The Balaban J connectivity index is 1.73. The van der Waals surface area contributed by atoms with Gasteiger partial charge in [-0.3, -0.25) is 19.5 Å². The van der Waals surface area contributed by atoms with Crippen LogP contribution in [0.2, 0.25) is 0 Å². The average molecular weight is 363 g/mol. The Labute approximate surface area is 158 Å². The van der Waals surface area contributed by atoms with Gasteiger partial charge in [0.1, 0.15) is 5.70 Å². The Morgan fingerprint density at radius 1 is 1.04 bits per heavy atom. The smallest absolute Gasteiger partial charge is 0.278 e. The van der Waals surface area contributed by atoms with Crippen LogP contribution in [0.5, 0.6) is 0 Å². The van der Waals surface area contributed by atoms with Crippen LogP contribution in [0.1, 0.15) is 16.7 Å². The van der Waals surface area contributed by atoms with Gasteiger partial charge in [-0.05, 0) is 24.1 Å². The van der Waals surface area contributed by atoms with E-state index in [2.05, 4.69) is 4.98 Å². The van der Waals surface area contributed by atoms with Gasteiger partial charge in [-0.25, -0.2) is 0 Å². The molecule has 0 N–H and O–H groups in total. The first-order chi connectivity index (χ1) is 13.1. The number of hydrogen-bond donors (Lipinski definition) is 0. The van der Waals surface area contributed by atoms with Gasteiger partial charge < -0.3 is 9.64 Å². The van der Waals surface area contributed by atoms with Crippen LogP contribution in [0.4, 0.5) is 0 Å². The zero-order valence-electron chi connectivity index (χ0n) is 15.2. The Hall–Kier alpha value is -2.99. The lowest BCUT2D eigenvalue weighted by Gasteiger charge is -2.29. The van der Waals surface area contributed by atoms with Crippen molar-refractivity contribution in [2.24, 2.45) is 0 Å². The van der Waals surface area contributed by atoms with Gasteiger partial charge in [0.05, 0.1) is 25.3 Å². The molecule has 1 aromatic heterocycles. The summed E-state index contributed by atoms with van der Waals surface area (Å²) in [5.41, 5.74) is 3.66. The number of imide groups is 1. The number of carbonyl (C=O) groups excluding carboxylic acids is 2. The zero-order chi connectivity index (χ0) is 18.8. The van der Waals surface area contributed by atoms with Crippen LogP contribution < -0.4 is 0 Å². The quantitative estimate of drug-likeness (QED) is 0.778. The standard InChI is InChI=1S/C21H21N3O3/c1-15-4-6-17(7-5-15)18-19(23-9-11-27-12-10-23)21(26)24(20(18)25)14-16-3-2-8-22-13-16/h2-8,13H,9-12,14H2,1H3. The first-order valence-electron chi connectivity index (χ1n) is 9.04. The lowest BCUT2D eigenvalue weighted by molar-refractivity contribution is -0.138. The third-order valence-electron chi connectivity index (χ3n) is 4.87. The molecule has 27 heavy (non-hydrogen) atoms. The second kappa shape index (κ2) is 7.32. The molecule has 2 aliphatic heterocycles. The maximum atomic E-state index is 13.2. The third-order valence-corrected chi connectivity index (χ3v) is 4.87. The van der Waals surface area contributed by atoms with Crippen LogP contribution in [0.3, 0.4) is 0 Å². The molecule has 0 spiro atoms. The number of amides is 2. The molecular formula is C21H21N3O3. The predicted molar refractivity (Wildman–Crippen MR) is 100 cm³/mol. The Kier molecular flexibility index (Phi) is 4.73. The molecule has 0 aliphatic carbocycles. The molecule has 138 valence electrons. The number of carbonyl (C=O) groups is 2. The van der Waals surface area contributed by atoms with Gasteiger partial charge in [0.25, 0.3) is 11.8 Å². The van der Waals surface area contributed by atoms with Crippen molar-refractivity contribution < 1.29 is 14.3 Å². The van der Waals surface area contributed by atoms with Crippen LogP contribution >= 0.6 is 0 Å². The Morgan fingerprint density at radius 3 is 2.44 bits per heavy atom. The number of aryl methyl sites for hydroxylation is 1. The molecule has 2 amide bonds. The van der Waals surface area contributed by atoms with Crippen molar-refractivity contribution in [1.82, 2.24) is 14.8 Å². The first kappa shape index (κ1) is 17.4. The third kappa shape index (κ3) is 3.36. The summed E-state index contributed by atoms with van der Waals surface area (Å²) in [4.78, 5) is 33.8. The number of hydrogen-bond acceptors (Lipinski definition) is 5. The number of ether oxygens (including phenoxy) is 1. The molecule has 0 atom stereocenters. The van der Waals surface area contributed by atoms with Gasteiger partial charge in [-0.1, -0.05) is 35.9 Å². The lowest BCUT2D eigenvalue weighted by Crippen LogP contribution is -2.40. The summed E-state index contributed by atoms with van der Waals surface area (Å²) in [5, 5.41) is 0. The van der Waals surface area contributed by atoms with E-state index in [9.17, 15) is 9.59 Å². The van der Waals surface area contributed by atoms with Crippen LogP contribution in [-0.4, -0.2) is 52.9 Å². The van der Waals surface area contributed by atoms with Crippen molar-refractivity contribution in [3.8, 4) is 0 Å². The Bertz CT molecular complexity index is 885. The highest BCUT2D eigenvalue weighted by molar-refractivity contribution is 6.35. The van der Waals surface area contributed by atoms with E-state index in [4.69, 9.17) is 4.74 Å². The van der Waals surface area contributed by atoms with E-state index in [0.29, 0.717) is 37.6 Å². The molecule has 2 aliphatic rings. The minimum Gasteiger partial charge on any atom is -0.378 e. The zero-order valence-corrected chi connectivity index (χ0v) is 15.2.